The summed E-state index contributed by atoms with van der Waals surface area (Å²) in [6.07, 6.45) is 1.45. The van der Waals surface area contributed by atoms with Gasteiger partial charge in [-0.1, -0.05) is 0 Å². The van der Waals surface area contributed by atoms with E-state index in [1.807, 2.05) is 6.07 Å². The molecular formula is C8H12N2O2. The first-order chi connectivity index (χ1) is 5.75. The molecule has 0 spiro atoms. The van der Waals surface area contributed by atoms with Gasteiger partial charge < -0.3 is 10.1 Å². The molecule has 0 radical (unpaired) electrons. The first kappa shape index (κ1) is 9.01. The molecule has 0 amide bonds. The molecule has 1 fully saturated rings. The second-order valence-corrected chi connectivity index (χ2v) is 2.97. The Bertz CT molecular complexity index is 214. The fourth-order valence-electron chi connectivity index (χ4n) is 1.42. The standard InChI is InChI=1S/C8H12N2O2/c1-12-7(11)8(5-9)3-2-4-10-6-8/h10H,2-4,6H2,1H3. The summed E-state index contributed by atoms with van der Waals surface area (Å²) in [7, 11) is 1.32. The number of ether oxygens (including phenoxy) is 1. The highest BCUT2D eigenvalue weighted by Gasteiger charge is 2.40. The molecule has 4 nitrogen and oxygen atoms in total. The van der Waals surface area contributed by atoms with E-state index in [-0.39, 0.29) is 0 Å². The number of nitriles is 1. The van der Waals surface area contributed by atoms with Crippen molar-refractivity contribution in [1.29, 1.82) is 5.26 Å². The van der Waals surface area contributed by atoms with Crippen LogP contribution in [0.3, 0.4) is 0 Å². The van der Waals surface area contributed by atoms with Crippen LogP contribution in [-0.2, 0) is 9.53 Å². The average Bonchev–Trinajstić information content (AvgIpc) is 2.17. The number of esters is 1. The van der Waals surface area contributed by atoms with E-state index in [1.54, 1.807) is 0 Å². The van der Waals surface area contributed by atoms with Gasteiger partial charge in [-0.2, -0.15) is 5.26 Å². The van der Waals surface area contributed by atoms with Gasteiger partial charge in [0, 0.05) is 6.54 Å². The number of nitrogens with zero attached hydrogens (tertiary/aromatic N) is 1. The molecule has 66 valence electrons. The van der Waals surface area contributed by atoms with Crippen LogP contribution in [0.5, 0.6) is 0 Å². The van der Waals surface area contributed by atoms with Crippen LogP contribution in [0.4, 0.5) is 0 Å². The molecule has 1 aliphatic heterocycles. The van der Waals surface area contributed by atoms with E-state index in [2.05, 4.69) is 10.1 Å². The topological polar surface area (TPSA) is 62.1 Å². The third kappa shape index (κ3) is 1.41. The van der Waals surface area contributed by atoms with E-state index in [1.165, 1.54) is 7.11 Å². The van der Waals surface area contributed by atoms with Crippen molar-refractivity contribution in [2.24, 2.45) is 5.41 Å². The molecule has 0 aliphatic carbocycles. The van der Waals surface area contributed by atoms with Crippen molar-refractivity contribution in [3.05, 3.63) is 0 Å². The number of piperidine rings is 1. The lowest BCUT2D eigenvalue weighted by Gasteiger charge is -2.28. The summed E-state index contributed by atoms with van der Waals surface area (Å²) < 4.78 is 4.58. The fraction of sp³-hybridized carbons (Fsp3) is 0.750. The van der Waals surface area contributed by atoms with E-state index in [4.69, 9.17) is 5.26 Å². The van der Waals surface area contributed by atoms with E-state index >= 15 is 0 Å². The minimum absolute atomic E-state index is 0.413. The zero-order valence-electron chi connectivity index (χ0n) is 7.09. The molecule has 1 saturated heterocycles. The van der Waals surface area contributed by atoms with Gasteiger partial charge in [0.15, 0.2) is 5.41 Å². The first-order valence-electron chi connectivity index (χ1n) is 3.95. The van der Waals surface area contributed by atoms with Crippen molar-refractivity contribution < 1.29 is 9.53 Å². The predicted octanol–water partition coefficient (Wildman–Crippen LogP) is 0.0528. The quantitative estimate of drug-likeness (QED) is 0.562. The first-order valence-corrected chi connectivity index (χ1v) is 3.95. The highest BCUT2D eigenvalue weighted by Crippen LogP contribution is 2.26. The highest BCUT2D eigenvalue weighted by atomic mass is 16.5. The number of nitrogens with one attached hydrogen (secondary N) is 1. The number of methoxy groups -OCH3 is 1. The summed E-state index contributed by atoms with van der Waals surface area (Å²) in [4.78, 5) is 11.2. The van der Waals surface area contributed by atoms with Gasteiger partial charge in [0.05, 0.1) is 13.2 Å². The molecule has 1 heterocycles. The number of rotatable bonds is 1. The molecule has 4 heteroatoms. The van der Waals surface area contributed by atoms with Crippen molar-refractivity contribution in [1.82, 2.24) is 5.32 Å². The molecule has 0 aromatic rings. The zero-order chi connectivity index (χ0) is 9.03. The molecule has 1 aliphatic rings. The zero-order valence-corrected chi connectivity index (χ0v) is 7.09. The second kappa shape index (κ2) is 3.55. The minimum Gasteiger partial charge on any atom is -0.468 e. The Labute approximate surface area is 71.5 Å². The van der Waals surface area contributed by atoms with E-state index in [9.17, 15) is 4.79 Å². The molecule has 0 aromatic carbocycles. The molecular weight excluding hydrogens is 156 g/mol. The molecule has 0 saturated carbocycles. The van der Waals surface area contributed by atoms with Crippen LogP contribution in [0, 0.1) is 16.7 Å². The summed E-state index contributed by atoms with van der Waals surface area (Å²) in [5, 5.41) is 11.9. The van der Waals surface area contributed by atoms with Crippen molar-refractivity contribution in [3.8, 4) is 6.07 Å². The van der Waals surface area contributed by atoms with Gasteiger partial charge in [0.1, 0.15) is 0 Å². The van der Waals surface area contributed by atoms with Gasteiger partial charge in [-0.25, -0.2) is 0 Å². The van der Waals surface area contributed by atoms with E-state index in [0.29, 0.717) is 13.0 Å². The molecule has 0 aromatic heterocycles. The molecule has 1 N–H and O–H groups in total. The summed E-state index contributed by atoms with van der Waals surface area (Å²) in [5.41, 5.74) is -0.938. The molecule has 0 bridgehead atoms. The van der Waals surface area contributed by atoms with Crippen LogP contribution in [0.15, 0.2) is 0 Å². The number of carbonyl (C=O) groups is 1. The highest BCUT2D eigenvalue weighted by molar-refractivity contribution is 5.80. The average molecular weight is 168 g/mol. The monoisotopic (exact) mass is 168 g/mol. The van der Waals surface area contributed by atoms with Gasteiger partial charge in [-0.05, 0) is 19.4 Å². The largest absolute Gasteiger partial charge is 0.468 e. The Morgan fingerprint density at radius 3 is 2.92 bits per heavy atom. The van der Waals surface area contributed by atoms with Crippen molar-refractivity contribution in [2.75, 3.05) is 20.2 Å². The van der Waals surface area contributed by atoms with Gasteiger partial charge in [-0.3, -0.25) is 4.79 Å². The Morgan fingerprint density at radius 2 is 2.50 bits per heavy atom. The Hall–Kier alpha value is -1.08. The summed E-state index contributed by atoms with van der Waals surface area (Å²) in [6.45, 7) is 1.29. The lowest BCUT2D eigenvalue weighted by molar-refractivity contribution is -0.150. The molecule has 1 rings (SSSR count). The number of hydrogen-bond donors (Lipinski definition) is 1. The predicted molar refractivity (Wildman–Crippen MR) is 42.2 cm³/mol. The van der Waals surface area contributed by atoms with Gasteiger partial charge in [0.25, 0.3) is 0 Å². The summed E-state index contributed by atoms with van der Waals surface area (Å²) >= 11 is 0. The van der Waals surface area contributed by atoms with Gasteiger partial charge in [-0.15, -0.1) is 0 Å². The Balaban J connectivity index is 2.74. The number of hydrogen-bond acceptors (Lipinski definition) is 4. The third-order valence-corrected chi connectivity index (χ3v) is 2.17. The molecule has 12 heavy (non-hydrogen) atoms. The van der Waals surface area contributed by atoms with Crippen LogP contribution in [-0.4, -0.2) is 26.2 Å². The van der Waals surface area contributed by atoms with Gasteiger partial charge >= 0.3 is 5.97 Å². The number of carbonyl (C=O) groups excluding carboxylic acids is 1. The Morgan fingerprint density at radius 1 is 1.75 bits per heavy atom. The molecule has 1 unspecified atom stereocenters. The van der Waals surface area contributed by atoms with Gasteiger partial charge in [0.2, 0.25) is 0 Å². The minimum atomic E-state index is -0.938. The maximum absolute atomic E-state index is 11.2. The van der Waals surface area contributed by atoms with Crippen LogP contribution in [0.2, 0.25) is 0 Å². The van der Waals surface area contributed by atoms with Crippen LogP contribution < -0.4 is 5.32 Å². The Kier molecular flexibility index (Phi) is 2.66. The van der Waals surface area contributed by atoms with E-state index < -0.39 is 11.4 Å². The SMILES string of the molecule is COC(=O)C1(C#N)CCCNC1. The fourth-order valence-corrected chi connectivity index (χ4v) is 1.42. The van der Waals surface area contributed by atoms with Crippen molar-refractivity contribution in [3.63, 3.8) is 0 Å². The summed E-state index contributed by atoms with van der Waals surface area (Å²) in [6, 6.07) is 2.03. The maximum Gasteiger partial charge on any atom is 0.327 e. The van der Waals surface area contributed by atoms with Crippen molar-refractivity contribution >= 4 is 5.97 Å². The molecule has 1 atom stereocenters. The second-order valence-electron chi connectivity index (χ2n) is 2.97. The van der Waals surface area contributed by atoms with Crippen LogP contribution in [0.25, 0.3) is 0 Å². The lowest BCUT2D eigenvalue weighted by atomic mass is 9.82. The smallest absolute Gasteiger partial charge is 0.327 e. The van der Waals surface area contributed by atoms with Crippen LogP contribution >= 0.6 is 0 Å². The van der Waals surface area contributed by atoms with E-state index in [0.717, 1.165) is 13.0 Å². The summed E-state index contributed by atoms with van der Waals surface area (Å²) in [5.74, 6) is -0.419. The third-order valence-electron chi connectivity index (χ3n) is 2.17. The maximum atomic E-state index is 11.2. The normalized spacial score (nSPS) is 29.0. The van der Waals surface area contributed by atoms with Crippen molar-refractivity contribution in [2.45, 2.75) is 12.8 Å². The lowest BCUT2D eigenvalue weighted by Crippen LogP contribution is -2.45. The van der Waals surface area contributed by atoms with Crippen LogP contribution in [0.1, 0.15) is 12.8 Å².